The molecule has 1 amide bonds. The number of nitrogens with one attached hydrogen (secondary N) is 3. The van der Waals surface area contributed by atoms with E-state index >= 15 is 0 Å². The molecular weight excluding hydrogens is 574 g/mol. The Morgan fingerprint density at radius 1 is 1.09 bits per heavy atom. The van der Waals surface area contributed by atoms with Gasteiger partial charge in [-0.05, 0) is 62.6 Å². The van der Waals surface area contributed by atoms with Crippen molar-refractivity contribution in [2.75, 3.05) is 41.7 Å². The van der Waals surface area contributed by atoms with E-state index in [2.05, 4.69) is 30.2 Å². The van der Waals surface area contributed by atoms with Gasteiger partial charge in [0.1, 0.15) is 22.7 Å². The van der Waals surface area contributed by atoms with E-state index in [1.54, 1.807) is 29.8 Å². The standard InChI is InChI=1S/C29H37N7O6S/c1-5-40-25-13-20(14-26(41-6-2)28(25)31-19(3)37)16-36-11-9-21(10-12-36)32-29-33-23-15-22(7-8-24(23)42-29)34-43(38,39)27-17-35(4)18-30-27/h7-8,13-15,17-18,21,34H,5-6,9-12,16H2,1-4H3,(H,31,37)(H,32,33). The number of fused-ring (bicyclic) bond motifs is 1. The Morgan fingerprint density at radius 3 is 2.40 bits per heavy atom. The second-order valence-corrected chi connectivity index (χ2v) is 12.0. The third-order valence-corrected chi connectivity index (χ3v) is 8.21. The molecule has 2 aromatic carbocycles. The van der Waals surface area contributed by atoms with Gasteiger partial charge in [0.15, 0.2) is 10.6 Å². The summed E-state index contributed by atoms with van der Waals surface area (Å²) in [7, 11) is -2.11. The van der Waals surface area contributed by atoms with Crippen LogP contribution >= 0.6 is 0 Å². The normalized spacial score (nSPS) is 14.5. The van der Waals surface area contributed by atoms with Gasteiger partial charge in [0.05, 0.1) is 25.2 Å². The third kappa shape index (κ3) is 7.38. The fraction of sp³-hybridized carbons (Fsp3) is 0.414. The highest BCUT2D eigenvalue weighted by atomic mass is 32.2. The second-order valence-electron chi connectivity index (χ2n) is 10.4. The maximum atomic E-state index is 12.6. The number of hydrogen-bond donors (Lipinski definition) is 3. The molecule has 0 spiro atoms. The molecule has 1 fully saturated rings. The number of likely N-dealkylation sites (tertiary alicyclic amines) is 1. The lowest BCUT2D eigenvalue weighted by Crippen LogP contribution is -2.38. The fourth-order valence-corrected chi connectivity index (χ4v) is 6.06. The predicted octanol–water partition coefficient (Wildman–Crippen LogP) is 4.19. The first kappa shape index (κ1) is 30.2. The first-order chi connectivity index (χ1) is 20.6. The van der Waals surface area contributed by atoms with Crippen molar-refractivity contribution >= 4 is 44.4 Å². The predicted molar refractivity (Wildman–Crippen MR) is 163 cm³/mol. The summed E-state index contributed by atoms with van der Waals surface area (Å²) in [5.74, 6) is 1.01. The van der Waals surface area contributed by atoms with E-state index in [1.807, 2.05) is 26.0 Å². The Hall–Kier alpha value is -4.30. The lowest BCUT2D eigenvalue weighted by atomic mass is 10.0. The van der Waals surface area contributed by atoms with Gasteiger partial charge in [0.2, 0.25) is 5.91 Å². The van der Waals surface area contributed by atoms with E-state index in [0.717, 1.165) is 31.5 Å². The van der Waals surface area contributed by atoms with Crippen LogP contribution in [0.25, 0.3) is 11.1 Å². The Morgan fingerprint density at radius 2 is 1.79 bits per heavy atom. The highest BCUT2D eigenvalue weighted by Crippen LogP contribution is 2.37. The van der Waals surface area contributed by atoms with Crippen LogP contribution in [0.15, 0.2) is 52.3 Å². The van der Waals surface area contributed by atoms with Gasteiger partial charge in [-0.25, -0.2) is 4.98 Å². The molecule has 2 aromatic heterocycles. The Kier molecular flexibility index (Phi) is 9.06. The molecule has 1 aliphatic heterocycles. The summed E-state index contributed by atoms with van der Waals surface area (Å²) in [4.78, 5) is 22.6. The van der Waals surface area contributed by atoms with Crippen LogP contribution in [0.4, 0.5) is 17.4 Å². The lowest BCUT2D eigenvalue weighted by Gasteiger charge is -2.32. The summed E-state index contributed by atoms with van der Waals surface area (Å²) in [6.45, 7) is 8.65. The van der Waals surface area contributed by atoms with Gasteiger partial charge in [0.25, 0.3) is 16.0 Å². The number of anilines is 3. The van der Waals surface area contributed by atoms with Gasteiger partial charge in [0, 0.05) is 45.8 Å². The van der Waals surface area contributed by atoms with Crippen molar-refractivity contribution in [1.82, 2.24) is 19.4 Å². The largest absolute Gasteiger partial charge is 0.492 e. The number of piperidine rings is 1. The Balaban J connectivity index is 1.20. The molecule has 0 saturated carbocycles. The van der Waals surface area contributed by atoms with Crippen LogP contribution < -0.4 is 24.8 Å². The van der Waals surface area contributed by atoms with Crippen LogP contribution in [0, 0.1) is 0 Å². The number of nitrogens with zero attached hydrogens (tertiary/aromatic N) is 4. The molecule has 14 heteroatoms. The molecular formula is C29H37N7O6S. The van der Waals surface area contributed by atoms with Crippen LogP contribution in [0.3, 0.4) is 0 Å². The Bertz CT molecular complexity index is 1670. The number of hydrogen-bond acceptors (Lipinski definition) is 10. The van der Waals surface area contributed by atoms with Crippen molar-refractivity contribution in [3.05, 3.63) is 48.4 Å². The topological polar surface area (TPSA) is 153 Å². The van der Waals surface area contributed by atoms with Crippen LogP contribution in [0.1, 0.15) is 39.2 Å². The van der Waals surface area contributed by atoms with Crippen LogP contribution in [0.5, 0.6) is 11.5 Å². The molecule has 0 unspecified atom stereocenters. The van der Waals surface area contributed by atoms with E-state index in [-0.39, 0.29) is 17.0 Å². The quantitative estimate of drug-likeness (QED) is 0.213. The fourth-order valence-electron chi connectivity index (χ4n) is 5.03. The minimum atomic E-state index is -3.81. The average molecular weight is 612 g/mol. The SMILES string of the molecule is CCOc1cc(CN2CCC(Nc3nc4cc(NS(=O)(=O)c5cn(C)cn5)ccc4o3)CC2)cc(OCC)c1NC(C)=O. The van der Waals surface area contributed by atoms with Crippen molar-refractivity contribution in [1.29, 1.82) is 0 Å². The van der Waals surface area contributed by atoms with Crippen LogP contribution in [-0.2, 0) is 28.4 Å². The molecule has 0 bridgehead atoms. The third-order valence-electron chi connectivity index (χ3n) is 6.94. The number of imidazole rings is 1. The van der Waals surface area contributed by atoms with Crippen LogP contribution in [0.2, 0.25) is 0 Å². The first-order valence-electron chi connectivity index (χ1n) is 14.2. The van der Waals surface area contributed by atoms with Crippen molar-refractivity contribution in [2.24, 2.45) is 7.05 Å². The van der Waals surface area contributed by atoms with Gasteiger partial charge in [-0.1, -0.05) is 0 Å². The zero-order valence-corrected chi connectivity index (χ0v) is 25.5. The summed E-state index contributed by atoms with van der Waals surface area (Å²) < 4.78 is 46.9. The lowest BCUT2D eigenvalue weighted by molar-refractivity contribution is -0.114. The van der Waals surface area contributed by atoms with Gasteiger partial charge < -0.3 is 29.1 Å². The monoisotopic (exact) mass is 611 g/mol. The summed E-state index contributed by atoms with van der Waals surface area (Å²) in [5.41, 5.74) is 3.06. The minimum absolute atomic E-state index is 0.0598. The molecule has 230 valence electrons. The van der Waals surface area contributed by atoms with Crippen molar-refractivity contribution in [3.8, 4) is 11.5 Å². The summed E-state index contributed by atoms with van der Waals surface area (Å²) in [6.07, 6.45) is 4.63. The Labute approximate surface area is 250 Å². The molecule has 43 heavy (non-hydrogen) atoms. The van der Waals surface area contributed by atoms with E-state index in [9.17, 15) is 13.2 Å². The maximum Gasteiger partial charge on any atom is 0.295 e. The maximum absolute atomic E-state index is 12.6. The zero-order chi connectivity index (χ0) is 30.6. The van der Waals surface area contributed by atoms with Crippen LogP contribution in [-0.4, -0.2) is 66.1 Å². The number of sulfonamides is 1. The number of oxazole rings is 1. The minimum Gasteiger partial charge on any atom is -0.492 e. The number of carbonyl (C=O) groups is 1. The zero-order valence-electron chi connectivity index (χ0n) is 24.7. The van der Waals surface area contributed by atoms with E-state index < -0.39 is 10.0 Å². The molecule has 3 heterocycles. The van der Waals surface area contributed by atoms with E-state index in [0.29, 0.717) is 59.7 Å². The molecule has 5 rings (SSSR count). The van der Waals surface area contributed by atoms with Crippen molar-refractivity contribution < 1.29 is 27.1 Å². The molecule has 0 radical (unpaired) electrons. The highest BCUT2D eigenvalue weighted by molar-refractivity contribution is 7.92. The molecule has 1 aliphatic rings. The number of rotatable bonds is 12. The number of ether oxygens (including phenoxy) is 2. The molecule has 0 atom stereocenters. The second kappa shape index (κ2) is 12.9. The summed E-state index contributed by atoms with van der Waals surface area (Å²) >= 11 is 0. The smallest absolute Gasteiger partial charge is 0.295 e. The number of aryl methyl sites for hydroxylation is 1. The van der Waals surface area contributed by atoms with E-state index in [1.165, 1.54) is 19.4 Å². The first-order valence-corrected chi connectivity index (χ1v) is 15.7. The van der Waals surface area contributed by atoms with Gasteiger partial charge in [-0.2, -0.15) is 13.4 Å². The van der Waals surface area contributed by atoms with Gasteiger partial charge in [-0.15, -0.1) is 0 Å². The number of aromatic nitrogens is 3. The molecule has 0 aliphatic carbocycles. The van der Waals surface area contributed by atoms with Gasteiger partial charge >= 0.3 is 0 Å². The summed E-state index contributed by atoms with van der Waals surface area (Å²) in [6, 6.07) is 9.46. The van der Waals surface area contributed by atoms with Crippen molar-refractivity contribution in [3.63, 3.8) is 0 Å². The molecule has 13 nitrogen and oxygen atoms in total. The molecule has 1 saturated heterocycles. The number of carbonyl (C=O) groups excluding carboxylic acids is 1. The van der Waals surface area contributed by atoms with E-state index in [4.69, 9.17) is 13.9 Å². The number of benzene rings is 2. The number of amides is 1. The summed E-state index contributed by atoms with van der Waals surface area (Å²) in [5, 5.41) is 6.17. The van der Waals surface area contributed by atoms with Crippen molar-refractivity contribution in [2.45, 2.75) is 51.2 Å². The highest BCUT2D eigenvalue weighted by Gasteiger charge is 2.23. The average Bonchev–Trinajstić information content (AvgIpc) is 3.57. The van der Waals surface area contributed by atoms with Gasteiger partial charge in [-0.3, -0.25) is 14.4 Å². The molecule has 3 N–H and O–H groups in total. The molecule has 4 aromatic rings.